The molecule has 25 heavy (non-hydrogen) atoms. The Bertz CT molecular complexity index is 933. The smallest absolute Gasteiger partial charge is 0.334 e. The lowest BCUT2D eigenvalue weighted by Gasteiger charge is -2.19. The van der Waals surface area contributed by atoms with Crippen LogP contribution in [0.2, 0.25) is 0 Å². The Balaban J connectivity index is 1.90. The van der Waals surface area contributed by atoms with Crippen molar-refractivity contribution in [1.82, 2.24) is 19.4 Å². The van der Waals surface area contributed by atoms with Crippen LogP contribution in [0.5, 0.6) is 0 Å². The summed E-state index contributed by atoms with van der Waals surface area (Å²) >= 11 is 0. The molecule has 0 saturated heterocycles. The number of fused-ring (bicyclic) bond motifs is 1. The summed E-state index contributed by atoms with van der Waals surface area (Å²) in [5.74, 6) is -0.179. The van der Waals surface area contributed by atoms with Crippen LogP contribution in [0.15, 0.2) is 42.6 Å². The van der Waals surface area contributed by atoms with Gasteiger partial charge >= 0.3 is 6.18 Å². The van der Waals surface area contributed by atoms with Crippen LogP contribution in [0.4, 0.5) is 13.2 Å². The summed E-state index contributed by atoms with van der Waals surface area (Å²) in [7, 11) is 3.24. The molecule has 0 bridgehead atoms. The normalized spacial score (nSPS) is 11.7. The van der Waals surface area contributed by atoms with E-state index in [0.29, 0.717) is 5.82 Å². The molecule has 5 nitrogen and oxygen atoms in total. The van der Waals surface area contributed by atoms with Gasteiger partial charge in [0.05, 0.1) is 23.1 Å². The fraction of sp³-hybridized carbons (Fsp3) is 0.235. The van der Waals surface area contributed by atoms with Gasteiger partial charge in [0.2, 0.25) is 0 Å². The van der Waals surface area contributed by atoms with E-state index in [1.54, 1.807) is 7.05 Å². The average Bonchev–Trinajstić information content (AvgIpc) is 2.89. The number of aromatic nitrogens is 3. The van der Waals surface area contributed by atoms with Crippen molar-refractivity contribution >= 4 is 16.9 Å². The minimum absolute atomic E-state index is 0.0796. The van der Waals surface area contributed by atoms with E-state index >= 15 is 0 Å². The molecular weight excluding hydrogens is 333 g/mol. The van der Waals surface area contributed by atoms with Gasteiger partial charge in [0.25, 0.3) is 5.91 Å². The number of hydrogen-bond donors (Lipinski definition) is 0. The van der Waals surface area contributed by atoms with E-state index in [1.807, 2.05) is 28.8 Å². The maximum absolute atomic E-state index is 13.1. The van der Waals surface area contributed by atoms with Gasteiger partial charge in [-0.1, -0.05) is 12.1 Å². The molecule has 2 heterocycles. The number of pyridine rings is 1. The van der Waals surface area contributed by atoms with Crippen LogP contribution in [0.25, 0.3) is 11.0 Å². The third kappa shape index (κ3) is 3.19. The van der Waals surface area contributed by atoms with Gasteiger partial charge in [-0.25, -0.2) is 4.98 Å². The van der Waals surface area contributed by atoms with Crippen LogP contribution < -0.4 is 0 Å². The molecule has 0 unspecified atom stereocenters. The van der Waals surface area contributed by atoms with Gasteiger partial charge in [-0.05, 0) is 24.3 Å². The Hall–Kier alpha value is -2.90. The first-order valence-corrected chi connectivity index (χ1v) is 7.47. The first-order valence-electron chi connectivity index (χ1n) is 7.47. The summed E-state index contributed by atoms with van der Waals surface area (Å²) in [4.78, 5) is 21.4. The van der Waals surface area contributed by atoms with Crippen molar-refractivity contribution < 1.29 is 18.0 Å². The lowest BCUT2D eigenvalue weighted by Crippen LogP contribution is -2.30. The number of benzene rings is 1. The average molecular weight is 348 g/mol. The van der Waals surface area contributed by atoms with Gasteiger partial charge in [-0.3, -0.25) is 9.78 Å². The Morgan fingerprint density at radius 2 is 1.92 bits per heavy atom. The number of alkyl halides is 3. The lowest BCUT2D eigenvalue weighted by molar-refractivity contribution is -0.141. The molecule has 1 aromatic carbocycles. The molecule has 0 aliphatic heterocycles. The van der Waals surface area contributed by atoms with Gasteiger partial charge in [0, 0.05) is 20.3 Å². The maximum atomic E-state index is 13.1. The topological polar surface area (TPSA) is 51.0 Å². The number of rotatable bonds is 3. The van der Waals surface area contributed by atoms with Gasteiger partial charge in [0.1, 0.15) is 5.82 Å². The van der Waals surface area contributed by atoms with E-state index in [-0.39, 0.29) is 6.54 Å². The lowest BCUT2D eigenvalue weighted by atomic mass is 10.1. The van der Waals surface area contributed by atoms with E-state index in [4.69, 9.17) is 0 Å². The Morgan fingerprint density at radius 3 is 2.60 bits per heavy atom. The molecule has 0 aliphatic carbocycles. The first kappa shape index (κ1) is 16.9. The molecule has 3 aromatic rings. The zero-order chi connectivity index (χ0) is 18.2. The van der Waals surface area contributed by atoms with Crippen molar-refractivity contribution in [2.75, 3.05) is 7.05 Å². The molecule has 3 rings (SSSR count). The van der Waals surface area contributed by atoms with Crippen LogP contribution in [0.1, 0.15) is 21.9 Å². The predicted molar refractivity (Wildman–Crippen MR) is 85.8 cm³/mol. The van der Waals surface area contributed by atoms with Crippen molar-refractivity contribution in [2.45, 2.75) is 12.7 Å². The number of halogens is 3. The summed E-state index contributed by atoms with van der Waals surface area (Å²) in [5.41, 5.74) is -0.0120. The highest BCUT2D eigenvalue weighted by Gasteiger charge is 2.37. The fourth-order valence-electron chi connectivity index (χ4n) is 2.63. The van der Waals surface area contributed by atoms with E-state index in [1.165, 1.54) is 18.0 Å². The maximum Gasteiger partial charge on any atom is 0.434 e. The molecule has 8 heteroatoms. The number of para-hydroxylation sites is 2. The molecule has 0 fully saturated rings. The zero-order valence-electron chi connectivity index (χ0n) is 13.6. The minimum Gasteiger partial charge on any atom is -0.334 e. The van der Waals surface area contributed by atoms with Crippen LogP contribution >= 0.6 is 0 Å². The second-order valence-corrected chi connectivity index (χ2v) is 5.63. The molecule has 0 radical (unpaired) electrons. The quantitative estimate of drug-likeness (QED) is 0.730. The summed E-state index contributed by atoms with van der Waals surface area (Å²) in [6, 6.07) is 9.88. The number of carbonyl (C=O) groups is 1. The number of hydrogen-bond acceptors (Lipinski definition) is 3. The van der Waals surface area contributed by atoms with Crippen molar-refractivity contribution in [1.29, 1.82) is 0 Å². The second kappa shape index (κ2) is 6.19. The van der Waals surface area contributed by atoms with Gasteiger partial charge in [-0.2, -0.15) is 13.2 Å². The number of carbonyl (C=O) groups excluding carboxylic acids is 1. The molecule has 0 N–H and O–H groups in total. The molecule has 0 spiro atoms. The molecule has 130 valence electrons. The number of amides is 1. The van der Waals surface area contributed by atoms with Gasteiger partial charge < -0.3 is 9.47 Å². The van der Waals surface area contributed by atoms with Crippen LogP contribution in [0.3, 0.4) is 0 Å². The minimum atomic E-state index is -4.69. The highest BCUT2D eigenvalue weighted by molar-refractivity contribution is 5.95. The third-order valence-corrected chi connectivity index (χ3v) is 3.91. The monoisotopic (exact) mass is 348 g/mol. The van der Waals surface area contributed by atoms with Crippen molar-refractivity contribution in [3.63, 3.8) is 0 Å². The number of imidazole rings is 1. The molecule has 0 atom stereocenters. The molecule has 0 saturated carbocycles. The summed E-state index contributed by atoms with van der Waals surface area (Å²) in [5, 5.41) is 0. The summed E-state index contributed by atoms with van der Waals surface area (Å²) < 4.78 is 41.0. The highest BCUT2D eigenvalue weighted by atomic mass is 19.4. The standard InChI is InChI=1S/C17H15F3N4O/c1-23(10-14-22-12-7-3-4-8-13(12)24(14)2)16(25)11-6-5-9-21-15(11)17(18,19)20/h3-9H,10H2,1-2H3. The zero-order valence-corrected chi connectivity index (χ0v) is 13.6. The van der Waals surface area contributed by atoms with Crippen molar-refractivity contribution in [3.8, 4) is 0 Å². The Kier molecular flexibility index (Phi) is 4.20. The van der Waals surface area contributed by atoms with Crippen molar-refractivity contribution in [2.24, 2.45) is 7.05 Å². The van der Waals surface area contributed by atoms with E-state index < -0.39 is 23.3 Å². The van der Waals surface area contributed by atoms with Crippen LogP contribution in [0, 0.1) is 0 Å². The predicted octanol–water partition coefficient (Wildman–Crippen LogP) is 3.26. The Morgan fingerprint density at radius 1 is 1.20 bits per heavy atom. The Labute approximate surface area is 141 Å². The third-order valence-electron chi connectivity index (χ3n) is 3.91. The highest BCUT2D eigenvalue weighted by Crippen LogP contribution is 2.30. The van der Waals surface area contributed by atoms with Crippen molar-refractivity contribution in [3.05, 3.63) is 59.7 Å². The molecule has 2 aromatic heterocycles. The van der Waals surface area contributed by atoms with E-state index in [0.717, 1.165) is 23.3 Å². The number of nitrogens with zero attached hydrogens (tertiary/aromatic N) is 4. The number of aryl methyl sites for hydroxylation is 1. The largest absolute Gasteiger partial charge is 0.434 e. The van der Waals surface area contributed by atoms with Crippen LogP contribution in [-0.4, -0.2) is 32.4 Å². The molecular formula is C17H15F3N4O. The van der Waals surface area contributed by atoms with Crippen LogP contribution in [-0.2, 0) is 19.8 Å². The summed E-state index contributed by atoms with van der Waals surface area (Å²) in [6.45, 7) is 0.0796. The SMILES string of the molecule is CN(Cc1nc2ccccc2n1C)C(=O)c1cccnc1C(F)(F)F. The fourth-order valence-corrected chi connectivity index (χ4v) is 2.63. The van der Waals surface area contributed by atoms with Gasteiger partial charge in [-0.15, -0.1) is 0 Å². The summed E-state index contributed by atoms with van der Waals surface area (Å²) in [6.07, 6.45) is -3.67. The van der Waals surface area contributed by atoms with E-state index in [2.05, 4.69) is 9.97 Å². The molecule has 0 aliphatic rings. The first-order chi connectivity index (χ1) is 11.8. The van der Waals surface area contributed by atoms with E-state index in [9.17, 15) is 18.0 Å². The second-order valence-electron chi connectivity index (χ2n) is 5.63. The van der Waals surface area contributed by atoms with Gasteiger partial charge in [0.15, 0.2) is 5.69 Å². The molecule has 1 amide bonds.